The van der Waals surface area contributed by atoms with Gasteiger partial charge in [-0.2, -0.15) is 0 Å². The Morgan fingerprint density at radius 3 is 2.29 bits per heavy atom. The Hall–Kier alpha value is -1.80. The van der Waals surface area contributed by atoms with Gasteiger partial charge < -0.3 is 5.32 Å². The summed E-state index contributed by atoms with van der Waals surface area (Å²) >= 11 is 5.85. The third-order valence-electron chi connectivity index (χ3n) is 4.39. The zero-order valence-electron chi connectivity index (χ0n) is 11.8. The van der Waals surface area contributed by atoms with E-state index in [1.54, 1.807) is 24.3 Å². The molecule has 0 aliphatic heterocycles. The highest BCUT2D eigenvalue weighted by atomic mass is 35.5. The van der Waals surface area contributed by atoms with E-state index in [4.69, 9.17) is 11.6 Å². The third kappa shape index (κ3) is 2.96. The number of carbonyl (C=O) groups is 1. The minimum absolute atomic E-state index is 0.0335. The second-order valence-corrected chi connectivity index (χ2v) is 6.13. The summed E-state index contributed by atoms with van der Waals surface area (Å²) < 4.78 is 0. The van der Waals surface area contributed by atoms with Crippen LogP contribution in [0.15, 0.2) is 54.6 Å². The molecular formula is C18H18ClNO. The molecule has 0 spiro atoms. The van der Waals surface area contributed by atoms with Crippen LogP contribution in [0.2, 0.25) is 5.02 Å². The maximum absolute atomic E-state index is 12.2. The Bertz CT molecular complexity index is 617. The molecule has 0 radical (unpaired) electrons. The summed E-state index contributed by atoms with van der Waals surface area (Å²) in [7, 11) is 0. The van der Waals surface area contributed by atoms with Crippen LogP contribution >= 0.6 is 11.6 Å². The summed E-state index contributed by atoms with van der Waals surface area (Å²) in [5, 5.41) is 3.72. The number of carbonyl (C=O) groups excluding carboxylic acids is 1. The highest BCUT2D eigenvalue weighted by Gasteiger charge is 2.38. The summed E-state index contributed by atoms with van der Waals surface area (Å²) in [5.41, 5.74) is 2.10. The molecule has 1 fully saturated rings. The fourth-order valence-corrected chi connectivity index (χ4v) is 3.04. The number of hydrogen-bond acceptors (Lipinski definition) is 1. The predicted molar refractivity (Wildman–Crippen MR) is 85.8 cm³/mol. The Kier molecular flexibility index (Phi) is 3.98. The normalized spacial score (nSPS) is 16.0. The number of halogens is 1. The van der Waals surface area contributed by atoms with Gasteiger partial charge in [-0.05, 0) is 42.7 Å². The van der Waals surface area contributed by atoms with Crippen LogP contribution < -0.4 is 5.32 Å². The number of amides is 1. The highest BCUT2D eigenvalue weighted by Crippen LogP contribution is 2.43. The van der Waals surface area contributed by atoms with E-state index in [0.29, 0.717) is 17.1 Å². The van der Waals surface area contributed by atoms with Gasteiger partial charge in [0, 0.05) is 22.5 Å². The van der Waals surface area contributed by atoms with Crippen molar-refractivity contribution in [1.29, 1.82) is 0 Å². The van der Waals surface area contributed by atoms with E-state index in [1.165, 1.54) is 12.0 Å². The molecule has 1 saturated carbocycles. The minimum atomic E-state index is -0.0335. The Morgan fingerprint density at radius 1 is 1.05 bits per heavy atom. The maximum Gasteiger partial charge on any atom is 0.251 e. The minimum Gasteiger partial charge on any atom is -0.351 e. The van der Waals surface area contributed by atoms with Crippen molar-refractivity contribution in [2.45, 2.75) is 24.7 Å². The van der Waals surface area contributed by atoms with Gasteiger partial charge in [-0.3, -0.25) is 4.79 Å². The Labute approximate surface area is 130 Å². The number of nitrogens with one attached hydrogen (secondary N) is 1. The van der Waals surface area contributed by atoms with Gasteiger partial charge in [-0.1, -0.05) is 48.4 Å². The number of benzene rings is 2. The lowest BCUT2D eigenvalue weighted by Gasteiger charge is -2.42. The molecule has 3 rings (SSSR count). The predicted octanol–water partition coefficient (Wildman–Crippen LogP) is 4.19. The third-order valence-corrected chi connectivity index (χ3v) is 4.64. The first-order valence-corrected chi connectivity index (χ1v) is 7.67. The van der Waals surface area contributed by atoms with Crippen LogP contribution in [0.25, 0.3) is 0 Å². The smallest absolute Gasteiger partial charge is 0.251 e. The summed E-state index contributed by atoms with van der Waals surface area (Å²) in [5.74, 6) is -0.0335. The van der Waals surface area contributed by atoms with E-state index in [9.17, 15) is 4.79 Å². The first-order valence-electron chi connectivity index (χ1n) is 7.29. The van der Waals surface area contributed by atoms with Crippen LogP contribution in [0.1, 0.15) is 35.2 Å². The van der Waals surface area contributed by atoms with Crippen LogP contribution in [0.5, 0.6) is 0 Å². The molecule has 0 aromatic heterocycles. The fraction of sp³-hybridized carbons (Fsp3) is 0.278. The maximum atomic E-state index is 12.2. The first-order chi connectivity index (χ1) is 10.2. The average molecular weight is 300 g/mol. The quantitative estimate of drug-likeness (QED) is 0.901. The van der Waals surface area contributed by atoms with Crippen LogP contribution in [-0.4, -0.2) is 12.5 Å². The van der Waals surface area contributed by atoms with Crippen LogP contribution in [-0.2, 0) is 5.41 Å². The van der Waals surface area contributed by atoms with Crippen molar-refractivity contribution in [2.75, 3.05) is 6.54 Å². The fourth-order valence-electron chi connectivity index (χ4n) is 2.92. The van der Waals surface area contributed by atoms with E-state index in [2.05, 4.69) is 29.6 Å². The van der Waals surface area contributed by atoms with Crippen molar-refractivity contribution in [3.63, 3.8) is 0 Å². The second-order valence-electron chi connectivity index (χ2n) is 5.69. The number of rotatable bonds is 4. The monoisotopic (exact) mass is 299 g/mol. The molecule has 0 heterocycles. The van der Waals surface area contributed by atoms with Gasteiger partial charge in [0.1, 0.15) is 0 Å². The van der Waals surface area contributed by atoms with Crippen LogP contribution in [0, 0.1) is 0 Å². The van der Waals surface area contributed by atoms with Gasteiger partial charge in [0.15, 0.2) is 0 Å². The molecule has 21 heavy (non-hydrogen) atoms. The molecule has 0 atom stereocenters. The molecular weight excluding hydrogens is 282 g/mol. The van der Waals surface area contributed by atoms with Crippen molar-refractivity contribution < 1.29 is 4.79 Å². The largest absolute Gasteiger partial charge is 0.351 e. The van der Waals surface area contributed by atoms with E-state index >= 15 is 0 Å². The topological polar surface area (TPSA) is 29.1 Å². The zero-order chi connectivity index (χ0) is 14.7. The first kappa shape index (κ1) is 14.2. The molecule has 2 aromatic rings. The van der Waals surface area contributed by atoms with E-state index in [1.807, 2.05) is 6.07 Å². The van der Waals surface area contributed by atoms with Crippen LogP contribution in [0.3, 0.4) is 0 Å². The van der Waals surface area contributed by atoms with E-state index in [0.717, 1.165) is 12.8 Å². The molecule has 1 aliphatic rings. The van der Waals surface area contributed by atoms with Crippen LogP contribution in [0.4, 0.5) is 0 Å². The van der Waals surface area contributed by atoms with Crippen molar-refractivity contribution in [3.8, 4) is 0 Å². The highest BCUT2D eigenvalue weighted by molar-refractivity contribution is 6.30. The second kappa shape index (κ2) is 5.90. The molecule has 0 unspecified atom stereocenters. The molecule has 0 saturated heterocycles. The molecule has 2 nitrogen and oxygen atoms in total. The summed E-state index contributed by atoms with van der Waals surface area (Å²) in [6.45, 7) is 0.693. The van der Waals surface area contributed by atoms with Crippen molar-refractivity contribution in [1.82, 2.24) is 5.32 Å². The standard InChI is InChI=1S/C18H18ClNO/c19-16-9-7-14(8-10-16)17(21)20-13-18(11-4-12-18)15-5-2-1-3-6-15/h1-3,5-10H,4,11-13H2,(H,20,21). The van der Waals surface area contributed by atoms with Crippen molar-refractivity contribution in [2.24, 2.45) is 0 Å². The summed E-state index contributed by atoms with van der Waals surface area (Å²) in [6.07, 6.45) is 3.50. The van der Waals surface area contributed by atoms with Gasteiger partial charge in [0.25, 0.3) is 5.91 Å². The zero-order valence-corrected chi connectivity index (χ0v) is 12.6. The SMILES string of the molecule is O=C(NCC1(c2ccccc2)CCC1)c1ccc(Cl)cc1. The summed E-state index contributed by atoms with van der Waals surface area (Å²) in [4.78, 5) is 12.2. The molecule has 1 amide bonds. The van der Waals surface area contributed by atoms with E-state index in [-0.39, 0.29) is 11.3 Å². The van der Waals surface area contributed by atoms with Gasteiger partial charge >= 0.3 is 0 Å². The summed E-state index contributed by atoms with van der Waals surface area (Å²) in [6, 6.07) is 17.5. The number of hydrogen-bond donors (Lipinski definition) is 1. The average Bonchev–Trinajstić information content (AvgIpc) is 2.48. The lowest BCUT2D eigenvalue weighted by Crippen LogP contribution is -2.45. The lowest BCUT2D eigenvalue weighted by atomic mass is 9.64. The van der Waals surface area contributed by atoms with Gasteiger partial charge in [-0.25, -0.2) is 0 Å². The molecule has 1 N–H and O–H groups in total. The van der Waals surface area contributed by atoms with Gasteiger partial charge in [-0.15, -0.1) is 0 Å². The Morgan fingerprint density at radius 2 is 1.71 bits per heavy atom. The van der Waals surface area contributed by atoms with Crippen molar-refractivity contribution in [3.05, 3.63) is 70.7 Å². The molecule has 0 bridgehead atoms. The molecule has 108 valence electrons. The van der Waals surface area contributed by atoms with E-state index < -0.39 is 0 Å². The Balaban J connectivity index is 1.68. The van der Waals surface area contributed by atoms with Gasteiger partial charge in [0.05, 0.1) is 0 Å². The molecule has 1 aliphatic carbocycles. The van der Waals surface area contributed by atoms with Gasteiger partial charge in [0.2, 0.25) is 0 Å². The molecule has 2 aromatic carbocycles. The van der Waals surface area contributed by atoms with Crippen molar-refractivity contribution >= 4 is 17.5 Å². The molecule has 3 heteroatoms. The lowest BCUT2D eigenvalue weighted by molar-refractivity contribution is 0.0928.